The number of benzene rings is 2. The van der Waals surface area contributed by atoms with E-state index >= 15 is 0 Å². The second-order valence-corrected chi connectivity index (χ2v) is 8.27. The van der Waals surface area contributed by atoms with Crippen LogP contribution in [0.4, 0.5) is 0 Å². The van der Waals surface area contributed by atoms with Crippen LogP contribution >= 0.6 is 23.2 Å². The summed E-state index contributed by atoms with van der Waals surface area (Å²) < 4.78 is 10.8. The number of hydrogen-bond acceptors (Lipinski definition) is 6. The van der Waals surface area contributed by atoms with E-state index < -0.39 is 23.8 Å². The first-order valence-electron chi connectivity index (χ1n) is 10.4. The minimum Gasteiger partial charge on any atom is -0.490 e. The van der Waals surface area contributed by atoms with Gasteiger partial charge in [-0.1, -0.05) is 37.0 Å². The lowest BCUT2D eigenvalue weighted by atomic mass is 10.0. The fraction of sp³-hybridized carbons (Fsp3) is 0.304. The smallest absolute Gasteiger partial charge is 0.262 e. The van der Waals surface area contributed by atoms with Crippen molar-refractivity contribution < 1.29 is 23.9 Å². The Bertz CT molecular complexity index is 1080. The van der Waals surface area contributed by atoms with Crippen molar-refractivity contribution in [3.8, 4) is 11.5 Å². The monoisotopic (exact) mass is 508 g/mol. The zero-order valence-corrected chi connectivity index (χ0v) is 20.4. The predicted molar refractivity (Wildman–Crippen MR) is 131 cm³/mol. The first-order chi connectivity index (χ1) is 16.1. The molecule has 0 spiro atoms. The summed E-state index contributed by atoms with van der Waals surface area (Å²) in [5.74, 6) is -1.04. The zero-order chi connectivity index (χ0) is 25.3. The zero-order valence-electron chi connectivity index (χ0n) is 18.9. The van der Waals surface area contributed by atoms with Crippen LogP contribution in [0.25, 0.3) is 0 Å². The highest BCUT2D eigenvalue weighted by Crippen LogP contribution is 2.28. The summed E-state index contributed by atoms with van der Waals surface area (Å²) in [6.07, 6.45) is 1.41. The second-order valence-electron chi connectivity index (χ2n) is 7.45. The van der Waals surface area contributed by atoms with Crippen LogP contribution in [0.1, 0.15) is 36.7 Å². The molecule has 9 nitrogen and oxygen atoms in total. The largest absolute Gasteiger partial charge is 0.490 e. The van der Waals surface area contributed by atoms with E-state index in [0.717, 1.165) is 0 Å². The first-order valence-corrected chi connectivity index (χ1v) is 11.1. The lowest BCUT2D eigenvalue weighted by Gasteiger charge is -2.20. The Hall–Kier alpha value is -3.30. The van der Waals surface area contributed by atoms with Crippen LogP contribution in [0.2, 0.25) is 10.0 Å². The molecular formula is C23H26Cl2N4O5. The van der Waals surface area contributed by atoms with Crippen molar-refractivity contribution >= 4 is 47.1 Å². The van der Waals surface area contributed by atoms with E-state index in [0.29, 0.717) is 28.7 Å². The molecule has 11 heteroatoms. The SMILES string of the molecule is CCOc1cc(C=NNC(=O)C(NC(=O)c2ccc(Cl)c(Cl)c2)C(C)C)ccc1OCC(N)=O. The molecule has 182 valence electrons. The van der Waals surface area contributed by atoms with Gasteiger partial charge >= 0.3 is 0 Å². The van der Waals surface area contributed by atoms with Gasteiger partial charge < -0.3 is 20.5 Å². The van der Waals surface area contributed by atoms with Crippen molar-refractivity contribution in [3.05, 3.63) is 57.6 Å². The van der Waals surface area contributed by atoms with Crippen LogP contribution in [0.5, 0.6) is 11.5 Å². The quantitative estimate of drug-likeness (QED) is 0.316. The molecule has 0 radical (unpaired) electrons. The Labute approximate surface area is 207 Å². The molecule has 2 aromatic carbocycles. The van der Waals surface area contributed by atoms with Crippen LogP contribution in [0.3, 0.4) is 0 Å². The lowest BCUT2D eigenvalue weighted by molar-refractivity contribution is -0.124. The number of hydrazone groups is 1. The van der Waals surface area contributed by atoms with Gasteiger partial charge in [-0.2, -0.15) is 5.10 Å². The van der Waals surface area contributed by atoms with Crippen LogP contribution in [-0.2, 0) is 9.59 Å². The van der Waals surface area contributed by atoms with Gasteiger partial charge in [-0.25, -0.2) is 5.43 Å². The summed E-state index contributed by atoms with van der Waals surface area (Å²) >= 11 is 11.9. The molecule has 0 aliphatic heterocycles. The maximum Gasteiger partial charge on any atom is 0.262 e. The molecule has 4 N–H and O–H groups in total. The van der Waals surface area contributed by atoms with Crippen molar-refractivity contribution in [1.29, 1.82) is 0 Å². The molecule has 0 aliphatic rings. The number of halogens is 2. The summed E-state index contributed by atoms with van der Waals surface area (Å²) in [6.45, 7) is 5.48. The molecule has 0 bridgehead atoms. The molecule has 3 amide bonds. The van der Waals surface area contributed by atoms with Gasteiger partial charge in [0.1, 0.15) is 6.04 Å². The molecule has 1 atom stereocenters. The molecule has 0 aromatic heterocycles. The van der Waals surface area contributed by atoms with Crippen LogP contribution < -0.4 is 25.9 Å². The number of amides is 3. The fourth-order valence-electron chi connectivity index (χ4n) is 2.78. The van der Waals surface area contributed by atoms with Gasteiger partial charge in [0, 0.05) is 5.56 Å². The highest BCUT2D eigenvalue weighted by Gasteiger charge is 2.24. The van der Waals surface area contributed by atoms with E-state index in [2.05, 4.69) is 15.8 Å². The average Bonchev–Trinajstić information content (AvgIpc) is 2.78. The lowest BCUT2D eigenvalue weighted by Crippen LogP contribution is -2.48. The predicted octanol–water partition coefficient (Wildman–Crippen LogP) is 3.16. The topological polar surface area (TPSA) is 132 Å². The molecule has 1 unspecified atom stereocenters. The second kappa shape index (κ2) is 12.8. The molecular weight excluding hydrogens is 483 g/mol. The summed E-state index contributed by atoms with van der Waals surface area (Å²) in [4.78, 5) is 36.2. The molecule has 2 rings (SSSR count). The van der Waals surface area contributed by atoms with E-state index in [4.69, 9.17) is 38.4 Å². The number of nitrogens with one attached hydrogen (secondary N) is 2. The fourth-order valence-corrected chi connectivity index (χ4v) is 3.08. The standard InChI is InChI=1S/C23H26Cl2N4O5/c1-4-33-19-9-14(5-8-18(19)34-12-20(26)30)11-27-29-23(32)21(13(2)3)28-22(31)15-6-7-16(24)17(25)10-15/h5-11,13,21H,4,12H2,1-3H3,(H2,26,30)(H,28,31)(H,29,32). The maximum atomic E-state index is 12.7. The van der Waals surface area contributed by atoms with Crippen molar-refractivity contribution in [1.82, 2.24) is 10.7 Å². The molecule has 0 aliphatic carbocycles. The van der Waals surface area contributed by atoms with Gasteiger partial charge in [-0.15, -0.1) is 0 Å². The van der Waals surface area contributed by atoms with Gasteiger partial charge in [0.2, 0.25) is 0 Å². The number of primary amides is 1. The van der Waals surface area contributed by atoms with Crippen LogP contribution in [-0.4, -0.2) is 43.2 Å². The molecule has 0 saturated carbocycles. The first kappa shape index (κ1) is 26.9. The molecule has 0 heterocycles. The number of nitrogens with two attached hydrogens (primary N) is 1. The van der Waals surface area contributed by atoms with Gasteiger partial charge in [-0.05, 0) is 54.8 Å². The summed E-state index contributed by atoms with van der Waals surface area (Å²) in [5, 5.41) is 7.22. The van der Waals surface area contributed by atoms with Crippen molar-refractivity contribution in [2.45, 2.75) is 26.8 Å². The number of nitrogens with zero attached hydrogens (tertiary/aromatic N) is 1. The van der Waals surface area contributed by atoms with Crippen molar-refractivity contribution in [3.63, 3.8) is 0 Å². The summed E-state index contributed by atoms with van der Waals surface area (Å²) in [6, 6.07) is 8.52. The summed E-state index contributed by atoms with van der Waals surface area (Å²) in [5.41, 5.74) is 8.42. The van der Waals surface area contributed by atoms with E-state index in [1.165, 1.54) is 24.4 Å². The molecule has 34 heavy (non-hydrogen) atoms. The van der Waals surface area contributed by atoms with Crippen molar-refractivity contribution in [2.75, 3.05) is 13.2 Å². The average molecular weight is 509 g/mol. The molecule has 2 aromatic rings. The number of carbonyl (C=O) groups is 3. The Kier molecular flexibility index (Phi) is 10.2. The minimum absolute atomic E-state index is 0.215. The highest BCUT2D eigenvalue weighted by molar-refractivity contribution is 6.42. The van der Waals surface area contributed by atoms with Crippen LogP contribution in [0.15, 0.2) is 41.5 Å². The maximum absolute atomic E-state index is 12.7. The van der Waals surface area contributed by atoms with E-state index in [1.807, 2.05) is 0 Å². The van der Waals surface area contributed by atoms with Gasteiger partial charge in [0.25, 0.3) is 17.7 Å². The Morgan fingerprint density at radius 3 is 2.41 bits per heavy atom. The van der Waals surface area contributed by atoms with Gasteiger partial charge in [-0.3, -0.25) is 14.4 Å². The third-order valence-electron chi connectivity index (χ3n) is 4.44. The van der Waals surface area contributed by atoms with Gasteiger partial charge in [0.15, 0.2) is 18.1 Å². The normalized spacial score (nSPS) is 11.8. The van der Waals surface area contributed by atoms with Crippen molar-refractivity contribution in [2.24, 2.45) is 16.8 Å². The number of rotatable bonds is 11. The third-order valence-corrected chi connectivity index (χ3v) is 5.18. The number of hydrogen-bond donors (Lipinski definition) is 3. The Balaban J connectivity index is 2.06. The summed E-state index contributed by atoms with van der Waals surface area (Å²) in [7, 11) is 0. The molecule has 0 saturated heterocycles. The Morgan fingerprint density at radius 1 is 1.06 bits per heavy atom. The molecule has 0 fully saturated rings. The van der Waals surface area contributed by atoms with E-state index in [-0.39, 0.29) is 23.1 Å². The Morgan fingerprint density at radius 2 is 1.79 bits per heavy atom. The van der Waals surface area contributed by atoms with E-state index in [1.54, 1.807) is 39.0 Å². The van der Waals surface area contributed by atoms with Gasteiger partial charge in [0.05, 0.1) is 22.9 Å². The minimum atomic E-state index is -0.845. The number of carbonyl (C=O) groups excluding carboxylic acids is 3. The third kappa shape index (κ3) is 7.93. The van der Waals surface area contributed by atoms with E-state index in [9.17, 15) is 14.4 Å². The van der Waals surface area contributed by atoms with Crippen LogP contribution in [0, 0.1) is 5.92 Å². The highest BCUT2D eigenvalue weighted by atomic mass is 35.5. The number of ether oxygens (including phenoxy) is 2.